The number of nitrogens with zero attached hydrogens (tertiary/aromatic N) is 5. The van der Waals surface area contributed by atoms with Crippen molar-refractivity contribution in [1.29, 1.82) is 0 Å². The Balaban J connectivity index is 1.90. The molecular weight excluding hydrogens is 292 g/mol. The first-order chi connectivity index (χ1) is 9.94. The molecule has 108 valence electrons. The predicted molar refractivity (Wildman–Crippen MR) is 76.1 cm³/mol. The molecule has 3 rings (SSSR count). The zero-order valence-electron chi connectivity index (χ0n) is 11.3. The van der Waals surface area contributed by atoms with Crippen LogP contribution in [0, 0.1) is 13.8 Å². The van der Waals surface area contributed by atoms with Gasteiger partial charge in [-0.15, -0.1) is 0 Å². The third-order valence-electron chi connectivity index (χ3n) is 2.78. The highest BCUT2D eigenvalue weighted by Crippen LogP contribution is 2.23. The standard InChI is InChI=1S/C12H12N6O2S/c1-8-3-5-10(6-4-8)21(19,20)15-12-13-9(2)7-11(14-12)18-16-17-18/h3-7H,1-2H3,(H,13,14,15). The van der Waals surface area contributed by atoms with Gasteiger partial charge in [0.1, 0.15) is 0 Å². The number of sulfonamides is 1. The lowest BCUT2D eigenvalue weighted by molar-refractivity contribution is 0.601. The Kier molecular flexibility index (Phi) is 3.05. The lowest BCUT2D eigenvalue weighted by atomic mass is 10.2. The largest absolute Gasteiger partial charge is 0.264 e. The quantitative estimate of drug-likeness (QED) is 0.931. The van der Waals surface area contributed by atoms with Crippen molar-refractivity contribution in [2.45, 2.75) is 18.7 Å². The molecule has 8 nitrogen and oxygen atoms in total. The Hall–Kier alpha value is -2.55. The summed E-state index contributed by atoms with van der Waals surface area (Å²) >= 11 is 0. The van der Waals surface area contributed by atoms with Gasteiger partial charge in [-0.2, -0.15) is 4.98 Å². The van der Waals surface area contributed by atoms with E-state index < -0.39 is 10.0 Å². The lowest BCUT2D eigenvalue weighted by Crippen LogP contribution is -2.16. The van der Waals surface area contributed by atoms with E-state index in [1.54, 1.807) is 25.1 Å². The molecule has 9 heteroatoms. The molecule has 1 aromatic heterocycles. The van der Waals surface area contributed by atoms with E-state index >= 15 is 0 Å². The molecule has 1 aromatic carbocycles. The highest BCUT2D eigenvalue weighted by Gasteiger charge is 2.20. The van der Waals surface area contributed by atoms with Crippen molar-refractivity contribution in [1.82, 2.24) is 9.97 Å². The van der Waals surface area contributed by atoms with Crippen LogP contribution in [-0.2, 0) is 10.0 Å². The summed E-state index contributed by atoms with van der Waals surface area (Å²) in [5, 5.41) is 8.51. The van der Waals surface area contributed by atoms with Crippen molar-refractivity contribution in [2.75, 3.05) is 9.84 Å². The number of aryl methyl sites for hydroxylation is 2. The van der Waals surface area contributed by atoms with Crippen LogP contribution >= 0.6 is 0 Å². The number of aromatic nitrogens is 2. The number of hydrogen-bond donors (Lipinski definition) is 1. The summed E-state index contributed by atoms with van der Waals surface area (Å²) in [6.45, 7) is 3.62. The molecule has 0 radical (unpaired) electrons. The average Bonchev–Trinajstić information content (AvgIpc) is 3.22. The van der Waals surface area contributed by atoms with Crippen molar-refractivity contribution >= 4 is 21.8 Å². The fourth-order valence-electron chi connectivity index (χ4n) is 1.71. The van der Waals surface area contributed by atoms with Gasteiger partial charge in [0.2, 0.25) is 5.95 Å². The van der Waals surface area contributed by atoms with Gasteiger partial charge in [-0.3, -0.25) is 0 Å². The van der Waals surface area contributed by atoms with Crippen molar-refractivity contribution in [3.63, 3.8) is 0 Å². The third kappa shape index (κ3) is 2.97. The fourth-order valence-corrected chi connectivity index (χ4v) is 2.65. The van der Waals surface area contributed by atoms with Crippen molar-refractivity contribution < 1.29 is 8.42 Å². The van der Waals surface area contributed by atoms with E-state index in [4.69, 9.17) is 0 Å². The maximum absolute atomic E-state index is 12.3. The summed E-state index contributed by atoms with van der Waals surface area (Å²) < 4.78 is 26.9. The van der Waals surface area contributed by atoms with E-state index in [1.165, 1.54) is 17.3 Å². The van der Waals surface area contributed by atoms with E-state index in [2.05, 4.69) is 25.1 Å². The lowest BCUT2D eigenvalue weighted by Gasteiger charge is -2.08. The Morgan fingerprint density at radius 1 is 1.05 bits per heavy atom. The summed E-state index contributed by atoms with van der Waals surface area (Å²) in [6.07, 6.45) is 0. The van der Waals surface area contributed by atoms with E-state index in [0.717, 1.165) is 5.56 Å². The Bertz CT molecular complexity index is 810. The average molecular weight is 304 g/mol. The van der Waals surface area contributed by atoms with Crippen molar-refractivity contribution in [3.8, 4) is 0 Å². The van der Waals surface area contributed by atoms with E-state index in [0.29, 0.717) is 11.5 Å². The topological polar surface area (TPSA) is 99.7 Å². The van der Waals surface area contributed by atoms with Crippen LogP contribution in [0.4, 0.5) is 11.8 Å². The molecule has 0 fully saturated rings. The van der Waals surface area contributed by atoms with E-state index in [1.807, 2.05) is 6.92 Å². The Morgan fingerprint density at radius 2 is 1.71 bits per heavy atom. The van der Waals surface area contributed by atoms with Gasteiger partial charge in [-0.05, 0) is 36.4 Å². The monoisotopic (exact) mass is 304 g/mol. The first-order valence-electron chi connectivity index (χ1n) is 6.11. The number of benzene rings is 1. The molecule has 0 atom stereocenters. The highest BCUT2D eigenvalue weighted by molar-refractivity contribution is 7.92. The third-order valence-corrected chi connectivity index (χ3v) is 4.13. The summed E-state index contributed by atoms with van der Waals surface area (Å²) in [7, 11) is -3.72. The molecule has 1 N–H and O–H groups in total. The van der Waals surface area contributed by atoms with Crippen LogP contribution in [0.1, 0.15) is 11.3 Å². The second kappa shape index (κ2) is 4.77. The molecule has 1 aliphatic rings. The molecule has 0 bridgehead atoms. The van der Waals surface area contributed by atoms with Crippen LogP contribution in [0.25, 0.3) is 0 Å². The second-order valence-corrected chi connectivity index (χ2v) is 6.26. The highest BCUT2D eigenvalue weighted by atomic mass is 32.2. The molecule has 0 saturated heterocycles. The molecule has 0 spiro atoms. The normalized spacial score (nSPS) is 13.3. The Morgan fingerprint density at radius 3 is 2.33 bits per heavy atom. The van der Waals surface area contributed by atoms with Gasteiger partial charge in [-0.25, -0.2) is 18.1 Å². The van der Waals surface area contributed by atoms with Gasteiger partial charge >= 0.3 is 0 Å². The molecule has 2 heterocycles. The minimum Gasteiger partial charge on any atom is -0.247 e. The van der Waals surface area contributed by atoms with Gasteiger partial charge in [-0.1, -0.05) is 22.8 Å². The maximum Gasteiger partial charge on any atom is 0.264 e. The molecule has 2 aromatic rings. The molecule has 0 amide bonds. The molecule has 21 heavy (non-hydrogen) atoms. The molecule has 0 unspecified atom stereocenters. The Labute approximate surface area is 121 Å². The van der Waals surface area contributed by atoms with Crippen LogP contribution in [0.3, 0.4) is 0 Å². The summed E-state index contributed by atoms with van der Waals surface area (Å²) in [4.78, 5) is 8.28. The second-order valence-electron chi connectivity index (χ2n) is 4.58. The summed E-state index contributed by atoms with van der Waals surface area (Å²) in [5.74, 6) is 0.409. The van der Waals surface area contributed by atoms with Crippen molar-refractivity contribution in [3.05, 3.63) is 41.6 Å². The number of hydrogen-bond acceptors (Lipinski definition) is 7. The van der Waals surface area contributed by atoms with Gasteiger partial charge in [0.05, 0.1) is 4.90 Å². The van der Waals surface area contributed by atoms with E-state index in [9.17, 15) is 8.42 Å². The molecule has 0 saturated carbocycles. The predicted octanol–water partition coefficient (Wildman–Crippen LogP) is 2.00. The SMILES string of the molecule is Cc1ccc(S(=O)(=O)Nc2nc(C)cc(N3N=N3)n2)cc1. The zero-order valence-corrected chi connectivity index (χ0v) is 12.2. The minimum atomic E-state index is -3.72. The zero-order chi connectivity index (χ0) is 15.0. The van der Waals surface area contributed by atoms with Crippen LogP contribution < -0.4 is 9.84 Å². The molecule has 0 aliphatic carbocycles. The molecule has 1 aliphatic heterocycles. The van der Waals surface area contributed by atoms with Crippen LogP contribution in [0.15, 0.2) is 45.7 Å². The van der Waals surface area contributed by atoms with Crippen LogP contribution in [0.2, 0.25) is 0 Å². The first-order valence-corrected chi connectivity index (χ1v) is 7.59. The number of nitrogens with one attached hydrogen (secondary N) is 1. The smallest absolute Gasteiger partial charge is 0.247 e. The number of anilines is 2. The van der Waals surface area contributed by atoms with Crippen LogP contribution in [-0.4, -0.2) is 18.4 Å². The van der Waals surface area contributed by atoms with E-state index in [-0.39, 0.29) is 10.8 Å². The summed E-state index contributed by atoms with van der Waals surface area (Å²) in [6, 6.07) is 8.17. The first kappa shape index (κ1) is 13.4. The fraction of sp³-hybridized carbons (Fsp3) is 0.167. The molecular formula is C12H12N6O2S. The maximum atomic E-state index is 12.3. The van der Waals surface area contributed by atoms with Gasteiger partial charge in [0.15, 0.2) is 5.82 Å². The number of rotatable bonds is 4. The van der Waals surface area contributed by atoms with Gasteiger partial charge in [0.25, 0.3) is 10.0 Å². The van der Waals surface area contributed by atoms with Crippen LogP contribution in [0.5, 0.6) is 0 Å². The van der Waals surface area contributed by atoms with Gasteiger partial charge < -0.3 is 0 Å². The van der Waals surface area contributed by atoms with Crippen molar-refractivity contribution in [2.24, 2.45) is 10.4 Å². The minimum absolute atomic E-state index is 0.0112. The summed E-state index contributed by atoms with van der Waals surface area (Å²) in [5.41, 5.74) is 1.59. The van der Waals surface area contributed by atoms with Gasteiger partial charge in [0, 0.05) is 11.8 Å².